The summed E-state index contributed by atoms with van der Waals surface area (Å²) in [6.45, 7) is 3.17. The van der Waals surface area contributed by atoms with E-state index in [0.717, 1.165) is 36.0 Å². The summed E-state index contributed by atoms with van der Waals surface area (Å²) in [5, 5.41) is 11.7. The fraction of sp³-hybridized carbons (Fsp3) is 0.300. The number of imidazole rings is 1. The highest BCUT2D eigenvalue weighted by Gasteiger charge is 2.30. The number of carbonyl (C=O) groups excluding carboxylic acids is 1. The van der Waals surface area contributed by atoms with E-state index < -0.39 is 16.7 Å². The number of amides is 1. The topological polar surface area (TPSA) is 207 Å². The molecule has 8 bridgehead atoms. The minimum atomic E-state index is -0.718. The van der Waals surface area contributed by atoms with E-state index in [1.54, 1.807) is 17.6 Å². The van der Waals surface area contributed by atoms with Crippen LogP contribution in [-0.2, 0) is 30.7 Å². The van der Waals surface area contributed by atoms with Crippen LogP contribution in [-0.4, -0.2) is 50.4 Å². The molecule has 5 N–H and O–H groups in total. The number of nitrogen functional groups attached to an aromatic ring is 2. The van der Waals surface area contributed by atoms with Gasteiger partial charge in [0.25, 0.3) is 0 Å². The zero-order chi connectivity index (χ0) is 37.3. The molecule has 5 heterocycles. The number of anilines is 3. The van der Waals surface area contributed by atoms with Crippen LogP contribution in [0.3, 0.4) is 0 Å². The van der Waals surface area contributed by atoms with Crippen LogP contribution in [0.5, 0.6) is 11.8 Å². The molecule has 1 amide bonds. The number of nitro groups is 1. The van der Waals surface area contributed by atoms with E-state index in [2.05, 4.69) is 39.2 Å². The van der Waals surface area contributed by atoms with Crippen LogP contribution in [0.1, 0.15) is 56.9 Å². The van der Waals surface area contributed by atoms with E-state index >= 15 is 0 Å². The number of aromatic nitrogens is 4. The molecule has 15 nitrogen and oxygen atoms in total. The molecule has 0 aliphatic carbocycles. The van der Waals surface area contributed by atoms with Crippen LogP contribution in [0, 0.1) is 10.1 Å². The fourth-order valence-corrected chi connectivity index (χ4v) is 6.03. The van der Waals surface area contributed by atoms with E-state index in [0.29, 0.717) is 43.1 Å². The number of benzene rings is 2. The molecule has 2 aromatic carbocycles. The molecule has 0 atom stereocenters. The number of fused-ring (bicyclic) bond motifs is 7. The smallest absolute Gasteiger partial charge is 0.414 e. The van der Waals surface area contributed by atoms with Gasteiger partial charge in [-0.05, 0) is 54.9 Å². The van der Waals surface area contributed by atoms with Crippen molar-refractivity contribution in [3.63, 3.8) is 0 Å². The van der Waals surface area contributed by atoms with Crippen LogP contribution in [0.2, 0.25) is 0 Å². The second-order valence-electron chi connectivity index (χ2n) is 12.3. The predicted octanol–water partition coefficient (Wildman–Crippen LogP) is 7.12. The molecule has 0 unspecified atom stereocenters. The number of ether oxygens (including phenoxy) is 3. The van der Waals surface area contributed by atoms with Gasteiger partial charge in [0.15, 0.2) is 5.82 Å². The number of rotatable bonds is 2. The van der Waals surface area contributed by atoms with Crippen molar-refractivity contribution in [1.29, 1.82) is 0 Å². The second-order valence-corrected chi connectivity index (χ2v) is 12.3. The summed E-state index contributed by atoms with van der Waals surface area (Å²) < 4.78 is 18.1. The van der Waals surface area contributed by atoms with Crippen molar-refractivity contribution in [3.05, 3.63) is 128 Å². The molecule has 55 heavy (non-hydrogen) atoms. The molecule has 2 aliphatic heterocycles. The van der Waals surface area contributed by atoms with Crippen LogP contribution in [0.25, 0.3) is 11.0 Å². The molecule has 2 aliphatic rings. The summed E-state index contributed by atoms with van der Waals surface area (Å²) in [6.07, 6.45) is 10.6. The molecule has 0 saturated carbocycles. The summed E-state index contributed by atoms with van der Waals surface area (Å²) in [5.41, 5.74) is 16.5. The lowest BCUT2D eigenvalue weighted by molar-refractivity contribution is -0.383. The van der Waals surface area contributed by atoms with Crippen molar-refractivity contribution in [3.8, 4) is 11.8 Å². The molecule has 7 rings (SSSR count). The van der Waals surface area contributed by atoms with Crippen molar-refractivity contribution < 1.29 is 23.9 Å². The second kappa shape index (κ2) is 18.9. The number of hydrogen-bond donors (Lipinski definition) is 3. The lowest BCUT2D eigenvalue weighted by atomic mass is 10.1. The largest absolute Gasteiger partial charge is 0.477 e. The summed E-state index contributed by atoms with van der Waals surface area (Å²) in [4.78, 5) is 48.2. The normalized spacial score (nSPS) is 14.8. The SMILES string of the molecule is C.C.CCOC(=O)N1Cc2cccc(c2)C/C=C/CCOc2cc1c([N+](=O)[O-])c(N)n2.Nc1nc2cc3c1[nH]c(=O)n3Cc1cccc(c1)C/C=C/CCO2. The average molecular weight is 753 g/mol. The average Bonchev–Trinajstić information content (AvgIpc) is 3.44. The monoisotopic (exact) mass is 752 g/mol. The van der Waals surface area contributed by atoms with Gasteiger partial charge in [-0.3, -0.25) is 19.6 Å². The summed E-state index contributed by atoms with van der Waals surface area (Å²) in [6, 6.07) is 19.1. The minimum absolute atomic E-state index is 0. The Morgan fingerprint density at radius 1 is 0.855 bits per heavy atom. The van der Waals surface area contributed by atoms with Gasteiger partial charge in [-0.15, -0.1) is 0 Å². The summed E-state index contributed by atoms with van der Waals surface area (Å²) in [5.74, 6) is 0.492. The number of hydrogen-bond acceptors (Lipinski definition) is 11. The Morgan fingerprint density at radius 3 is 2.02 bits per heavy atom. The van der Waals surface area contributed by atoms with E-state index in [-0.39, 0.29) is 56.9 Å². The van der Waals surface area contributed by atoms with E-state index in [4.69, 9.17) is 25.7 Å². The van der Waals surface area contributed by atoms with Crippen LogP contribution in [0.15, 0.2) is 89.8 Å². The van der Waals surface area contributed by atoms with Crippen LogP contribution < -0.4 is 31.5 Å². The van der Waals surface area contributed by atoms with Crippen molar-refractivity contribution in [2.45, 2.75) is 60.5 Å². The number of pyridine rings is 2. The van der Waals surface area contributed by atoms with Gasteiger partial charge in [0.2, 0.25) is 17.6 Å². The van der Waals surface area contributed by atoms with Crippen LogP contribution in [0.4, 0.5) is 27.8 Å². The van der Waals surface area contributed by atoms with Crippen molar-refractivity contribution in [1.82, 2.24) is 19.5 Å². The third-order valence-corrected chi connectivity index (χ3v) is 8.48. The zero-order valence-corrected chi connectivity index (χ0v) is 29.2. The Bertz CT molecular complexity index is 2240. The number of H-pyrrole nitrogens is 1. The van der Waals surface area contributed by atoms with Gasteiger partial charge in [-0.2, -0.15) is 9.97 Å². The highest BCUT2D eigenvalue weighted by atomic mass is 16.6. The number of nitrogens with two attached hydrogens (primary N) is 2. The minimum Gasteiger partial charge on any atom is -0.477 e. The predicted molar refractivity (Wildman–Crippen MR) is 215 cm³/mol. The number of carbonyl (C=O) groups is 1. The highest BCUT2D eigenvalue weighted by Crippen LogP contribution is 2.37. The number of aromatic amines is 1. The Kier molecular flexibility index (Phi) is 14.1. The third-order valence-electron chi connectivity index (χ3n) is 8.48. The zero-order valence-electron chi connectivity index (χ0n) is 29.2. The molecule has 0 saturated heterocycles. The van der Waals surface area contributed by atoms with Crippen molar-refractivity contribution >= 4 is 40.1 Å². The molecule has 0 fully saturated rings. The molecule has 0 spiro atoms. The third kappa shape index (κ3) is 10.1. The first-order valence-electron chi connectivity index (χ1n) is 17.2. The number of nitrogens with one attached hydrogen (secondary N) is 1. The Labute approximate surface area is 319 Å². The Morgan fingerprint density at radius 2 is 1.42 bits per heavy atom. The first kappa shape index (κ1) is 41.1. The molecule has 0 radical (unpaired) electrons. The van der Waals surface area contributed by atoms with Gasteiger partial charge in [-0.25, -0.2) is 9.59 Å². The van der Waals surface area contributed by atoms with Crippen molar-refractivity contribution in [2.75, 3.05) is 36.2 Å². The molecule has 5 aromatic rings. The van der Waals surface area contributed by atoms with Gasteiger partial charge >= 0.3 is 17.5 Å². The van der Waals surface area contributed by atoms with E-state index in [9.17, 15) is 19.7 Å². The molecular weight excluding hydrogens is 704 g/mol. The molecule has 15 heteroatoms. The first-order chi connectivity index (χ1) is 25.7. The maximum atomic E-state index is 12.7. The van der Waals surface area contributed by atoms with Gasteiger partial charge < -0.3 is 30.7 Å². The van der Waals surface area contributed by atoms with Gasteiger partial charge in [0.1, 0.15) is 11.2 Å². The lowest BCUT2D eigenvalue weighted by Crippen LogP contribution is -2.32. The maximum absolute atomic E-state index is 12.7. The fourth-order valence-electron chi connectivity index (χ4n) is 6.03. The Balaban J connectivity index is 0.000000239. The first-order valence-corrected chi connectivity index (χ1v) is 17.2. The summed E-state index contributed by atoms with van der Waals surface area (Å²) >= 11 is 0. The van der Waals surface area contributed by atoms with Crippen molar-refractivity contribution in [2.24, 2.45) is 0 Å². The maximum Gasteiger partial charge on any atom is 0.414 e. The molecule has 290 valence electrons. The molecule has 3 aromatic heterocycles. The number of nitrogens with zero attached hydrogens (tertiary/aromatic N) is 5. The quantitative estimate of drug-likeness (QED) is 0.0939. The molecular formula is C40H48N8O7. The van der Waals surface area contributed by atoms with E-state index in [1.807, 2.05) is 48.6 Å². The standard InChI is InChI=1S/C20H22N4O5.C18H18N4O2.2CH4/c1-2-28-20(25)23-13-15-9-6-8-14(11-15)7-4-3-5-10-29-17-12-16(23)18(24(26)27)19(21)22-17;19-17-16-14-10-15(20-17)24-8-3-1-2-5-12-6-4-7-13(9-12)11-22(14)18(23)21-16;;/h3-4,6,8-9,11-12H,2,5,7,10,13H2,1H3,(H2,21,22);1-2,4,6-7,9-10H,3,5,8,11H2,(H2,19,20)(H,21,23);2*1H4/b4-3+;2-1+;;. The van der Waals surface area contributed by atoms with Gasteiger partial charge in [0, 0.05) is 12.1 Å². The number of allylic oxidation sites excluding steroid dienone is 2. The lowest BCUT2D eigenvalue weighted by Gasteiger charge is -2.23. The summed E-state index contributed by atoms with van der Waals surface area (Å²) in [7, 11) is 0. The highest BCUT2D eigenvalue weighted by molar-refractivity contribution is 5.93. The van der Waals surface area contributed by atoms with Crippen LogP contribution >= 0.6 is 0 Å². The van der Waals surface area contributed by atoms with E-state index in [1.165, 1.54) is 16.5 Å². The van der Waals surface area contributed by atoms with Gasteiger partial charge in [0.05, 0.1) is 43.4 Å². The van der Waals surface area contributed by atoms with Gasteiger partial charge in [-0.1, -0.05) is 87.7 Å². The Hall–Kier alpha value is -6.64.